The molecule has 0 bridgehead atoms. The molecule has 1 aliphatic heterocycles. The van der Waals surface area contributed by atoms with Crippen LogP contribution in [0.1, 0.15) is 26.3 Å². The molecule has 0 spiro atoms. The third kappa shape index (κ3) is 4.15. The number of benzene rings is 2. The van der Waals surface area contributed by atoms with E-state index in [1.54, 1.807) is 11.0 Å². The van der Waals surface area contributed by atoms with Gasteiger partial charge in [0.05, 0.1) is 18.8 Å². The first-order chi connectivity index (χ1) is 12.3. The largest absolute Gasteiger partial charge is 0.490 e. The summed E-state index contributed by atoms with van der Waals surface area (Å²) in [5.74, 6) is 0.531. The highest BCUT2D eigenvalue weighted by atomic mass is 19.1. The molecule has 0 radical (unpaired) electrons. The summed E-state index contributed by atoms with van der Waals surface area (Å²) >= 11 is 0. The van der Waals surface area contributed by atoms with Gasteiger partial charge in [0, 0.05) is 12.1 Å². The Bertz CT molecular complexity index is 786. The first-order valence-corrected chi connectivity index (χ1v) is 8.86. The van der Waals surface area contributed by atoms with Crippen LogP contribution in [0.25, 0.3) is 0 Å². The lowest BCUT2D eigenvalue weighted by Gasteiger charge is -2.38. The van der Waals surface area contributed by atoms with E-state index in [0.717, 1.165) is 17.0 Å². The second-order valence-electron chi connectivity index (χ2n) is 7.52. The lowest BCUT2D eigenvalue weighted by Crippen LogP contribution is -2.50. The second-order valence-corrected chi connectivity index (χ2v) is 7.52. The maximum absolute atomic E-state index is 13.5. The predicted octanol–water partition coefficient (Wildman–Crippen LogP) is 3.85. The van der Waals surface area contributed by atoms with Gasteiger partial charge in [-0.05, 0) is 50.6 Å². The quantitative estimate of drug-likeness (QED) is 0.834. The minimum Gasteiger partial charge on any atom is -0.490 e. The molecule has 2 aromatic rings. The van der Waals surface area contributed by atoms with Gasteiger partial charge in [0.15, 0.2) is 0 Å². The van der Waals surface area contributed by atoms with Crippen molar-refractivity contribution in [1.29, 1.82) is 0 Å². The Morgan fingerprint density at radius 3 is 2.69 bits per heavy atom. The number of ether oxygens (including phenoxy) is 1. The van der Waals surface area contributed by atoms with Crippen molar-refractivity contribution in [2.24, 2.45) is 0 Å². The van der Waals surface area contributed by atoms with Crippen LogP contribution in [0.3, 0.4) is 0 Å². The molecule has 1 aliphatic rings. The van der Waals surface area contributed by atoms with Crippen LogP contribution in [-0.4, -0.2) is 36.0 Å². The molecule has 0 aromatic heterocycles. The van der Waals surface area contributed by atoms with Crippen molar-refractivity contribution in [1.82, 2.24) is 4.90 Å². The fourth-order valence-corrected chi connectivity index (χ4v) is 3.16. The number of fused-ring (bicyclic) bond motifs is 1. The zero-order chi connectivity index (χ0) is 18.7. The van der Waals surface area contributed by atoms with Gasteiger partial charge < -0.3 is 14.5 Å². The fourth-order valence-electron chi connectivity index (χ4n) is 3.16. The number of anilines is 1. The summed E-state index contributed by atoms with van der Waals surface area (Å²) < 4.78 is 19.2. The third-order valence-electron chi connectivity index (χ3n) is 4.49. The van der Waals surface area contributed by atoms with Gasteiger partial charge in [0.25, 0.3) is 0 Å². The van der Waals surface area contributed by atoms with E-state index in [4.69, 9.17) is 4.74 Å². The monoisotopic (exact) mass is 356 g/mol. The van der Waals surface area contributed by atoms with Gasteiger partial charge in [-0.25, -0.2) is 4.39 Å². The normalized spacial score (nSPS) is 13.8. The molecule has 1 heterocycles. The average molecular weight is 356 g/mol. The molecule has 3 rings (SSSR count). The minimum absolute atomic E-state index is 0.0125. The van der Waals surface area contributed by atoms with E-state index in [0.29, 0.717) is 19.7 Å². The molecule has 0 unspecified atom stereocenters. The number of amides is 1. The Morgan fingerprint density at radius 1 is 1.19 bits per heavy atom. The van der Waals surface area contributed by atoms with E-state index in [1.165, 1.54) is 12.1 Å². The molecule has 0 saturated heterocycles. The number of carbonyl (C=O) groups excluding carboxylic acids is 1. The van der Waals surface area contributed by atoms with E-state index in [1.807, 2.05) is 56.0 Å². The number of hydrogen-bond donors (Lipinski definition) is 0. The molecule has 0 atom stereocenters. The molecule has 0 fully saturated rings. The lowest BCUT2D eigenvalue weighted by molar-refractivity contribution is -0.135. The Morgan fingerprint density at radius 2 is 1.96 bits per heavy atom. The summed E-state index contributed by atoms with van der Waals surface area (Å²) in [6.07, 6.45) is 0. The Hall–Kier alpha value is -2.56. The maximum atomic E-state index is 13.5. The molecule has 2 aromatic carbocycles. The van der Waals surface area contributed by atoms with Crippen molar-refractivity contribution >= 4 is 11.6 Å². The predicted molar refractivity (Wildman–Crippen MR) is 101 cm³/mol. The highest BCUT2D eigenvalue weighted by Crippen LogP contribution is 2.31. The van der Waals surface area contributed by atoms with E-state index in [9.17, 15) is 9.18 Å². The molecule has 26 heavy (non-hydrogen) atoms. The minimum atomic E-state index is -0.366. The average Bonchev–Trinajstić information content (AvgIpc) is 2.59. The van der Waals surface area contributed by atoms with Gasteiger partial charge in [-0.2, -0.15) is 0 Å². The van der Waals surface area contributed by atoms with Crippen LogP contribution in [0.15, 0.2) is 48.5 Å². The number of carbonyl (C=O) groups is 1. The van der Waals surface area contributed by atoms with Crippen molar-refractivity contribution in [2.45, 2.75) is 32.9 Å². The Labute approximate surface area is 154 Å². The number of nitrogens with zero attached hydrogens (tertiary/aromatic N) is 2. The summed E-state index contributed by atoms with van der Waals surface area (Å²) in [4.78, 5) is 17.0. The molecule has 5 heteroatoms. The smallest absolute Gasteiger partial charge is 0.242 e. The van der Waals surface area contributed by atoms with Crippen LogP contribution >= 0.6 is 0 Å². The van der Waals surface area contributed by atoms with Crippen LogP contribution in [0, 0.1) is 5.82 Å². The molecule has 1 amide bonds. The lowest BCUT2D eigenvalue weighted by atomic mass is 10.0. The summed E-state index contributed by atoms with van der Waals surface area (Å²) in [6.45, 7) is 7.87. The molecule has 0 N–H and O–H groups in total. The van der Waals surface area contributed by atoms with E-state index < -0.39 is 0 Å². The van der Waals surface area contributed by atoms with Crippen LogP contribution in [0.4, 0.5) is 10.1 Å². The molecular formula is C21H25FN2O2. The van der Waals surface area contributed by atoms with Gasteiger partial charge in [-0.15, -0.1) is 0 Å². The molecular weight excluding hydrogens is 331 g/mol. The van der Waals surface area contributed by atoms with E-state index in [2.05, 4.69) is 0 Å². The van der Waals surface area contributed by atoms with Gasteiger partial charge in [-0.1, -0.05) is 24.3 Å². The van der Waals surface area contributed by atoms with Gasteiger partial charge in [-0.3, -0.25) is 4.79 Å². The summed E-state index contributed by atoms with van der Waals surface area (Å²) in [5.41, 5.74) is 1.36. The van der Waals surface area contributed by atoms with Crippen molar-refractivity contribution < 1.29 is 13.9 Å². The van der Waals surface area contributed by atoms with E-state index in [-0.39, 0.29) is 23.8 Å². The zero-order valence-electron chi connectivity index (χ0n) is 15.5. The van der Waals surface area contributed by atoms with Crippen molar-refractivity contribution in [3.8, 4) is 5.75 Å². The maximum Gasteiger partial charge on any atom is 0.242 e. The summed E-state index contributed by atoms with van der Waals surface area (Å²) in [5, 5.41) is 0. The summed E-state index contributed by atoms with van der Waals surface area (Å²) in [6, 6.07) is 14.2. The Balaban J connectivity index is 1.79. The number of rotatable bonds is 4. The van der Waals surface area contributed by atoms with Crippen LogP contribution in [0.2, 0.25) is 0 Å². The number of para-hydroxylation sites is 2. The first-order valence-electron chi connectivity index (χ1n) is 8.86. The Kier molecular flexibility index (Phi) is 5.16. The second kappa shape index (κ2) is 7.36. The SMILES string of the molecule is CC(C)(C)N(Cc1cccc(F)c1)C(=O)CN1CCOc2ccccc21. The number of hydrogen-bond acceptors (Lipinski definition) is 3. The third-order valence-corrected chi connectivity index (χ3v) is 4.49. The van der Waals surface area contributed by atoms with Crippen LogP contribution < -0.4 is 9.64 Å². The van der Waals surface area contributed by atoms with Crippen molar-refractivity contribution in [3.63, 3.8) is 0 Å². The molecule has 4 nitrogen and oxygen atoms in total. The van der Waals surface area contributed by atoms with Gasteiger partial charge in [0.1, 0.15) is 18.2 Å². The number of halogens is 1. The molecule has 0 saturated carbocycles. The summed E-state index contributed by atoms with van der Waals surface area (Å²) in [7, 11) is 0. The topological polar surface area (TPSA) is 32.8 Å². The van der Waals surface area contributed by atoms with Crippen LogP contribution in [-0.2, 0) is 11.3 Å². The fraction of sp³-hybridized carbons (Fsp3) is 0.381. The van der Waals surface area contributed by atoms with Gasteiger partial charge >= 0.3 is 0 Å². The van der Waals surface area contributed by atoms with Crippen molar-refractivity contribution in [3.05, 3.63) is 59.9 Å². The van der Waals surface area contributed by atoms with Crippen LogP contribution in [0.5, 0.6) is 5.75 Å². The highest BCUT2D eigenvalue weighted by Gasteiger charge is 2.29. The highest BCUT2D eigenvalue weighted by molar-refractivity contribution is 5.83. The standard InChI is InChI=1S/C21H25FN2O2/c1-21(2,3)24(14-16-7-6-8-17(22)13-16)20(25)15-23-11-12-26-19-10-5-4-9-18(19)23/h4-10,13H,11-12,14-15H2,1-3H3. The zero-order valence-corrected chi connectivity index (χ0v) is 15.5. The first kappa shape index (κ1) is 18.2. The molecule has 0 aliphatic carbocycles. The molecule has 138 valence electrons. The van der Waals surface area contributed by atoms with Crippen molar-refractivity contribution in [2.75, 3.05) is 24.6 Å². The van der Waals surface area contributed by atoms with Gasteiger partial charge in [0.2, 0.25) is 5.91 Å². The van der Waals surface area contributed by atoms with E-state index >= 15 is 0 Å².